The van der Waals surface area contributed by atoms with E-state index in [1.807, 2.05) is 0 Å². The van der Waals surface area contributed by atoms with Gasteiger partial charge in [-0.15, -0.1) is 5.10 Å². The lowest BCUT2D eigenvalue weighted by Crippen LogP contribution is -2.25. The van der Waals surface area contributed by atoms with Crippen molar-refractivity contribution in [3.8, 4) is 0 Å². The third-order valence-corrected chi connectivity index (χ3v) is 2.08. The van der Waals surface area contributed by atoms with E-state index in [0.717, 1.165) is 13.0 Å². The molecular weight excluding hydrogens is 248 g/mol. The molecule has 1 amide bonds. The molecule has 0 radical (unpaired) electrons. The normalized spacial score (nSPS) is 10.1. The van der Waals surface area contributed by atoms with E-state index in [1.165, 1.54) is 0 Å². The van der Waals surface area contributed by atoms with Crippen molar-refractivity contribution in [2.24, 2.45) is 0 Å². The number of aromatic nitrogens is 3. The van der Waals surface area contributed by atoms with Crippen LogP contribution in [-0.2, 0) is 11.3 Å². The number of nitrogens with zero attached hydrogens (tertiary/aromatic N) is 3. The van der Waals surface area contributed by atoms with Crippen LogP contribution in [0.15, 0.2) is 12.4 Å². The SMILES string of the molecule is O=C(CCBr)NCCCn1ccnn1. The maximum absolute atomic E-state index is 11.0. The highest BCUT2D eigenvalue weighted by Gasteiger charge is 1.98. The van der Waals surface area contributed by atoms with Crippen molar-refractivity contribution in [3.63, 3.8) is 0 Å². The van der Waals surface area contributed by atoms with Crippen molar-refractivity contribution >= 4 is 21.8 Å². The standard InChI is InChI=1S/C8H13BrN4O/c9-3-2-8(14)10-4-1-6-13-7-5-11-12-13/h5,7H,1-4,6H2,(H,10,14). The predicted molar refractivity (Wildman–Crippen MR) is 56.1 cm³/mol. The van der Waals surface area contributed by atoms with Crippen LogP contribution in [0.2, 0.25) is 0 Å². The Labute approximate surface area is 91.0 Å². The van der Waals surface area contributed by atoms with E-state index < -0.39 is 0 Å². The monoisotopic (exact) mass is 260 g/mol. The van der Waals surface area contributed by atoms with Gasteiger partial charge in [-0.3, -0.25) is 9.48 Å². The highest BCUT2D eigenvalue weighted by atomic mass is 79.9. The van der Waals surface area contributed by atoms with Gasteiger partial charge in [0.1, 0.15) is 0 Å². The molecule has 0 bridgehead atoms. The highest BCUT2D eigenvalue weighted by Crippen LogP contribution is 1.89. The minimum Gasteiger partial charge on any atom is -0.356 e. The van der Waals surface area contributed by atoms with Crippen LogP contribution in [0.25, 0.3) is 0 Å². The fourth-order valence-corrected chi connectivity index (χ4v) is 1.36. The smallest absolute Gasteiger partial charge is 0.220 e. The van der Waals surface area contributed by atoms with E-state index in [-0.39, 0.29) is 5.91 Å². The Kier molecular flexibility index (Phi) is 5.21. The maximum Gasteiger partial charge on any atom is 0.220 e. The second kappa shape index (κ2) is 6.53. The summed E-state index contributed by atoms with van der Waals surface area (Å²) in [5.74, 6) is 0.0838. The van der Waals surface area contributed by atoms with Gasteiger partial charge in [-0.25, -0.2) is 0 Å². The molecule has 0 aliphatic carbocycles. The molecule has 1 N–H and O–H groups in total. The van der Waals surface area contributed by atoms with Gasteiger partial charge in [0.25, 0.3) is 0 Å². The first-order valence-corrected chi connectivity index (χ1v) is 5.62. The lowest BCUT2D eigenvalue weighted by molar-refractivity contribution is -0.120. The summed E-state index contributed by atoms with van der Waals surface area (Å²) in [5.41, 5.74) is 0. The number of amides is 1. The van der Waals surface area contributed by atoms with Gasteiger partial charge in [0, 0.05) is 31.0 Å². The molecule has 0 atom stereocenters. The molecule has 0 aromatic carbocycles. The molecular formula is C8H13BrN4O. The Morgan fingerprint density at radius 2 is 2.43 bits per heavy atom. The zero-order valence-electron chi connectivity index (χ0n) is 7.82. The van der Waals surface area contributed by atoms with E-state index in [4.69, 9.17) is 0 Å². The van der Waals surface area contributed by atoms with Crippen molar-refractivity contribution in [2.45, 2.75) is 19.4 Å². The molecule has 6 heteroatoms. The second-order valence-electron chi connectivity index (χ2n) is 2.81. The molecule has 0 unspecified atom stereocenters. The Morgan fingerprint density at radius 1 is 1.57 bits per heavy atom. The number of rotatable bonds is 6. The summed E-state index contributed by atoms with van der Waals surface area (Å²) in [6.45, 7) is 1.47. The van der Waals surface area contributed by atoms with Crippen molar-refractivity contribution in [1.29, 1.82) is 0 Å². The number of carbonyl (C=O) groups excluding carboxylic acids is 1. The van der Waals surface area contributed by atoms with Crippen LogP contribution in [0.3, 0.4) is 0 Å². The topological polar surface area (TPSA) is 59.8 Å². The van der Waals surface area contributed by atoms with Gasteiger partial charge in [0.2, 0.25) is 5.91 Å². The summed E-state index contributed by atoms with van der Waals surface area (Å²) < 4.78 is 1.75. The first-order chi connectivity index (χ1) is 6.83. The van der Waals surface area contributed by atoms with Crippen molar-refractivity contribution < 1.29 is 4.79 Å². The molecule has 0 saturated heterocycles. The van der Waals surface area contributed by atoms with Crippen LogP contribution in [0.4, 0.5) is 0 Å². The minimum atomic E-state index is 0.0838. The Morgan fingerprint density at radius 3 is 3.07 bits per heavy atom. The van der Waals surface area contributed by atoms with Crippen molar-refractivity contribution in [1.82, 2.24) is 20.3 Å². The molecule has 1 aromatic rings. The average molecular weight is 261 g/mol. The number of aryl methyl sites for hydroxylation is 1. The fraction of sp³-hybridized carbons (Fsp3) is 0.625. The van der Waals surface area contributed by atoms with Gasteiger partial charge in [0.15, 0.2) is 0 Å². The first-order valence-electron chi connectivity index (χ1n) is 4.49. The Bertz CT molecular complexity index is 262. The first kappa shape index (κ1) is 11.2. The molecule has 0 fully saturated rings. The van der Waals surface area contributed by atoms with Gasteiger partial charge in [-0.1, -0.05) is 21.1 Å². The van der Waals surface area contributed by atoms with E-state index in [1.54, 1.807) is 17.1 Å². The molecule has 0 saturated carbocycles. The van der Waals surface area contributed by atoms with Crippen LogP contribution in [-0.4, -0.2) is 32.8 Å². The summed E-state index contributed by atoms with van der Waals surface area (Å²) >= 11 is 3.21. The summed E-state index contributed by atoms with van der Waals surface area (Å²) in [5, 5.41) is 11.0. The van der Waals surface area contributed by atoms with E-state index in [0.29, 0.717) is 18.3 Å². The van der Waals surface area contributed by atoms with Gasteiger partial charge in [0.05, 0.1) is 6.20 Å². The van der Waals surface area contributed by atoms with E-state index in [9.17, 15) is 4.79 Å². The lowest BCUT2D eigenvalue weighted by atomic mass is 10.4. The van der Waals surface area contributed by atoms with Crippen LogP contribution in [0.5, 0.6) is 0 Å². The van der Waals surface area contributed by atoms with Gasteiger partial charge in [-0.05, 0) is 6.42 Å². The van der Waals surface area contributed by atoms with Gasteiger partial charge < -0.3 is 5.32 Å². The third kappa shape index (κ3) is 4.36. The summed E-state index contributed by atoms with van der Waals surface area (Å²) in [4.78, 5) is 11.0. The quantitative estimate of drug-likeness (QED) is 0.601. The molecule has 0 aliphatic rings. The number of carbonyl (C=O) groups is 1. The Hall–Kier alpha value is -0.910. The Balaban J connectivity index is 2.02. The van der Waals surface area contributed by atoms with Crippen LogP contribution >= 0.6 is 15.9 Å². The summed E-state index contributed by atoms with van der Waals surface area (Å²) in [7, 11) is 0. The van der Waals surface area contributed by atoms with Crippen molar-refractivity contribution in [2.75, 3.05) is 11.9 Å². The number of hydrogen-bond acceptors (Lipinski definition) is 3. The number of alkyl halides is 1. The van der Waals surface area contributed by atoms with E-state index in [2.05, 4.69) is 31.6 Å². The van der Waals surface area contributed by atoms with Gasteiger partial charge >= 0.3 is 0 Å². The minimum absolute atomic E-state index is 0.0838. The number of halogens is 1. The zero-order chi connectivity index (χ0) is 10.2. The van der Waals surface area contributed by atoms with Crippen LogP contribution < -0.4 is 5.32 Å². The maximum atomic E-state index is 11.0. The fourth-order valence-electron chi connectivity index (χ4n) is 0.995. The average Bonchev–Trinajstić information content (AvgIpc) is 2.65. The molecule has 14 heavy (non-hydrogen) atoms. The third-order valence-electron chi connectivity index (χ3n) is 1.68. The van der Waals surface area contributed by atoms with Crippen LogP contribution in [0, 0.1) is 0 Å². The number of hydrogen-bond donors (Lipinski definition) is 1. The van der Waals surface area contributed by atoms with Crippen LogP contribution in [0.1, 0.15) is 12.8 Å². The molecule has 1 aromatic heterocycles. The largest absolute Gasteiger partial charge is 0.356 e. The molecule has 1 heterocycles. The van der Waals surface area contributed by atoms with Gasteiger partial charge in [-0.2, -0.15) is 0 Å². The molecule has 78 valence electrons. The molecule has 0 spiro atoms. The lowest BCUT2D eigenvalue weighted by Gasteiger charge is -2.03. The predicted octanol–water partition coefficient (Wildman–Crippen LogP) is 0.569. The summed E-state index contributed by atoms with van der Waals surface area (Å²) in [6.07, 6.45) is 4.85. The zero-order valence-corrected chi connectivity index (χ0v) is 9.40. The number of nitrogens with one attached hydrogen (secondary N) is 1. The van der Waals surface area contributed by atoms with Crippen molar-refractivity contribution in [3.05, 3.63) is 12.4 Å². The van der Waals surface area contributed by atoms with E-state index >= 15 is 0 Å². The summed E-state index contributed by atoms with van der Waals surface area (Å²) in [6, 6.07) is 0. The highest BCUT2D eigenvalue weighted by molar-refractivity contribution is 9.09. The molecule has 0 aliphatic heterocycles. The molecule has 5 nitrogen and oxygen atoms in total. The second-order valence-corrected chi connectivity index (χ2v) is 3.60. The molecule has 1 rings (SSSR count).